The molecule has 0 saturated carbocycles. The molecule has 0 aromatic carbocycles. The van der Waals surface area contributed by atoms with E-state index < -0.39 is 16.8 Å². The van der Waals surface area contributed by atoms with E-state index in [2.05, 4.69) is 0 Å². The zero-order chi connectivity index (χ0) is 9.07. The van der Waals surface area contributed by atoms with Gasteiger partial charge in [-0.2, -0.15) is 0 Å². The highest BCUT2D eigenvalue weighted by Gasteiger charge is 2.27. The van der Waals surface area contributed by atoms with Crippen LogP contribution in [0.4, 0.5) is 0 Å². The van der Waals surface area contributed by atoms with Crippen LogP contribution in [0.15, 0.2) is 0 Å². The van der Waals surface area contributed by atoms with Crippen LogP contribution in [0.3, 0.4) is 0 Å². The summed E-state index contributed by atoms with van der Waals surface area (Å²) in [6.07, 6.45) is -0.693. The van der Waals surface area contributed by atoms with E-state index in [4.69, 9.17) is 21.8 Å². The summed E-state index contributed by atoms with van der Waals surface area (Å²) in [7, 11) is 0. The van der Waals surface area contributed by atoms with Crippen molar-refractivity contribution in [2.24, 2.45) is 0 Å². The summed E-state index contributed by atoms with van der Waals surface area (Å²) >= 11 is 5.56. The highest BCUT2D eigenvalue weighted by atomic mass is 35.5. The van der Waals surface area contributed by atoms with Gasteiger partial charge in [0, 0.05) is 0 Å². The molecule has 0 rings (SSSR count). The maximum absolute atomic E-state index is 10.1. The van der Waals surface area contributed by atoms with Gasteiger partial charge in [0.05, 0.1) is 17.7 Å². The summed E-state index contributed by atoms with van der Waals surface area (Å²) in [5.41, 5.74) is 0. The van der Waals surface area contributed by atoms with Crippen LogP contribution in [0.5, 0.6) is 0 Å². The monoisotopic (exact) mass is 180 g/mol. The summed E-state index contributed by atoms with van der Waals surface area (Å²) in [5.74, 6) is -2.19. The van der Waals surface area contributed by atoms with Crippen molar-refractivity contribution >= 4 is 23.5 Å². The molecule has 0 unspecified atom stereocenters. The molecule has 0 heterocycles. The lowest BCUT2D eigenvalue weighted by Gasteiger charge is -2.15. The van der Waals surface area contributed by atoms with Crippen LogP contribution in [0.2, 0.25) is 0 Å². The number of rotatable bonds is 4. The Labute approximate surface area is 68.8 Å². The van der Waals surface area contributed by atoms with Crippen LogP contribution in [-0.2, 0) is 9.59 Å². The molecule has 0 spiro atoms. The van der Waals surface area contributed by atoms with E-state index in [1.807, 2.05) is 0 Å². The van der Waals surface area contributed by atoms with Gasteiger partial charge in [0.2, 0.25) is 0 Å². The highest BCUT2D eigenvalue weighted by molar-refractivity contribution is 6.25. The summed E-state index contributed by atoms with van der Waals surface area (Å²) in [6, 6.07) is 0. The Kier molecular flexibility index (Phi) is 3.32. The van der Waals surface area contributed by atoms with Gasteiger partial charge in [0.15, 0.2) is 0 Å². The zero-order valence-electron chi connectivity index (χ0n) is 6.00. The molecule has 0 saturated heterocycles. The minimum Gasteiger partial charge on any atom is -0.481 e. The van der Waals surface area contributed by atoms with Gasteiger partial charge in [-0.15, -0.1) is 11.6 Å². The van der Waals surface area contributed by atoms with Crippen LogP contribution < -0.4 is 0 Å². The Bertz CT molecular complexity index is 157. The summed E-state index contributed by atoms with van der Waals surface area (Å²) in [4.78, 5) is 19.1. The molecule has 5 heteroatoms. The molecule has 64 valence electrons. The van der Waals surface area contributed by atoms with Crippen molar-refractivity contribution in [3.8, 4) is 0 Å². The van der Waals surface area contributed by atoms with E-state index in [1.165, 1.54) is 6.92 Å². The number of alkyl halides is 1. The number of halogens is 1. The fraction of sp³-hybridized carbons (Fsp3) is 0.667. The van der Waals surface area contributed by atoms with Gasteiger partial charge in [0.1, 0.15) is 0 Å². The lowest BCUT2D eigenvalue weighted by atomic mass is 10.0. The number of carbonyl (C=O) groups is 2. The second kappa shape index (κ2) is 3.57. The average molecular weight is 181 g/mol. The van der Waals surface area contributed by atoms with E-state index >= 15 is 0 Å². The molecule has 0 aliphatic carbocycles. The first-order valence-electron chi connectivity index (χ1n) is 2.96. The average Bonchev–Trinajstić information content (AvgIpc) is 1.53. The largest absolute Gasteiger partial charge is 0.481 e. The van der Waals surface area contributed by atoms with Crippen molar-refractivity contribution in [3.05, 3.63) is 0 Å². The first-order valence-corrected chi connectivity index (χ1v) is 3.34. The number of aliphatic carboxylic acids is 2. The Balaban J connectivity index is 3.99. The van der Waals surface area contributed by atoms with Crippen molar-refractivity contribution in [1.82, 2.24) is 0 Å². The lowest BCUT2D eigenvalue weighted by Crippen LogP contribution is -2.24. The number of carboxylic acids is 2. The molecule has 0 fully saturated rings. The van der Waals surface area contributed by atoms with Gasteiger partial charge >= 0.3 is 11.9 Å². The third kappa shape index (κ3) is 5.66. The molecule has 0 bridgehead atoms. The smallest absolute Gasteiger partial charge is 0.305 e. The van der Waals surface area contributed by atoms with Gasteiger partial charge < -0.3 is 10.2 Å². The predicted molar refractivity (Wildman–Crippen MR) is 38.8 cm³/mol. The molecule has 4 nitrogen and oxygen atoms in total. The van der Waals surface area contributed by atoms with E-state index in [0.29, 0.717) is 0 Å². The van der Waals surface area contributed by atoms with E-state index in [9.17, 15) is 9.59 Å². The predicted octanol–water partition coefficient (Wildman–Crippen LogP) is 0.933. The van der Waals surface area contributed by atoms with Gasteiger partial charge in [-0.05, 0) is 6.92 Å². The van der Waals surface area contributed by atoms with Crippen molar-refractivity contribution in [2.75, 3.05) is 0 Å². The summed E-state index contributed by atoms with van der Waals surface area (Å²) in [6.45, 7) is 1.39. The fourth-order valence-electron chi connectivity index (χ4n) is 0.693. The molecule has 0 aliphatic rings. The Morgan fingerprint density at radius 3 is 1.73 bits per heavy atom. The molecule has 2 N–H and O–H groups in total. The molecule has 0 aliphatic heterocycles. The van der Waals surface area contributed by atoms with Crippen molar-refractivity contribution in [3.63, 3.8) is 0 Å². The fourth-order valence-corrected chi connectivity index (χ4v) is 0.922. The first-order chi connectivity index (χ1) is 4.83. The molecule has 0 aromatic rings. The maximum Gasteiger partial charge on any atom is 0.305 e. The zero-order valence-corrected chi connectivity index (χ0v) is 6.76. The van der Waals surface area contributed by atoms with Gasteiger partial charge in [-0.3, -0.25) is 9.59 Å². The molecule has 0 atom stereocenters. The second-order valence-corrected chi connectivity index (χ2v) is 3.47. The quantitative estimate of drug-likeness (QED) is 0.632. The summed E-state index contributed by atoms with van der Waals surface area (Å²) in [5, 5.41) is 16.6. The Morgan fingerprint density at radius 1 is 1.27 bits per heavy atom. The van der Waals surface area contributed by atoms with Crippen molar-refractivity contribution < 1.29 is 19.8 Å². The minimum atomic E-state index is -1.18. The number of hydrogen-bond acceptors (Lipinski definition) is 2. The topological polar surface area (TPSA) is 74.6 Å². The minimum absolute atomic E-state index is 0.346. The van der Waals surface area contributed by atoms with E-state index in [1.54, 1.807) is 0 Å². The van der Waals surface area contributed by atoms with Gasteiger partial charge in [0.25, 0.3) is 0 Å². The van der Waals surface area contributed by atoms with Crippen LogP contribution in [-0.4, -0.2) is 27.0 Å². The van der Waals surface area contributed by atoms with Gasteiger partial charge in [-0.1, -0.05) is 0 Å². The van der Waals surface area contributed by atoms with Gasteiger partial charge in [-0.25, -0.2) is 0 Å². The molecular weight excluding hydrogens is 172 g/mol. The SMILES string of the molecule is CC(Cl)(CC(=O)O)CC(=O)O. The van der Waals surface area contributed by atoms with E-state index in [-0.39, 0.29) is 12.8 Å². The third-order valence-corrected chi connectivity index (χ3v) is 1.31. The lowest BCUT2D eigenvalue weighted by molar-refractivity contribution is -0.139. The Morgan fingerprint density at radius 2 is 1.55 bits per heavy atom. The van der Waals surface area contributed by atoms with Crippen LogP contribution >= 0.6 is 11.6 Å². The molecule has 0 amide bonds. The Hall–Kier alpha value is -0.770. The second-order valence-electron chi connectivity index (χ2n) is 2.55. The van der Waals surface area contributed by atoms with Crippen LogP contribution in [0.1, 0.15) is 19.8 Å². The van der Waals surface area contributed by atoms with Crippen LogP contribution in [0, 0.1) is 0 Å². The van der Waals surface area contributed by atoms with Crippen molar-refractivity contribution in [1.29, 1.82) is 0 Å². The summed E-state index contributed by atoms with van der Waals surface area (Å²) < 4.78 is 0. The van der Waals surface area contributed by atoms with Crippen LogP contribution in [0.25, 0.3) is 0 Å². The standard InChI is InChI=1S/C6H9ClO4/c1-6(7,2-4(8)9)3-5(10)11/h2-3H2,1H3,(H,8,9)(H,10,11). The van der Waals surface area contributed by atoms with Crippen molar-refractivity contribution in [2.45, 2.75) is 24.6 Å². The van der Waals surface area contributed by atoms with E-state index in [0.717, 1.165) is 0 Å². The maximum atomic E-state index is 10.1. The molecule has 11 heavy (non-hydrogen) atoms. The normalized spacial score (nSPS) is 11.1. The molecule has 0 aromatic heterocycles. The molecular formula is C6H9ClO4. The number of hydrogen-bond donors (Lipinski definition) is 2. The highest BCUT2D eigenvalue weighted by Crippen LogP contribution is 2.23. The number of carboxylic acid groups (broad SMARTS) is 2. The first kappa shape index (κ1) is 10.2. The molecule has 0 radical (unpaired) electrons. The third-order valence-electron chi connectivity index (χ3n) is 1.04.